The maximum atomic E-state index is 5.33. The van der Waals surface area contributed by atoms with Gasteiger partial charge in [0.25, 0.3) is 0 Å². The van der Waals surface area contributed by atoms with Crippen LogP contribution in [-0.2, 0) is 0 Å². The molecule has 22 heavy (non-hydrogen) atoms. The standard InChI is InChI=1S/C17H20BrN3O/c1-22-17-16(9-14(18)11-20-17)21-15-6-4-12(5-7-15)13-3-2-8-19-10-13/h2-3,8-12,15,21H,4-7H2,1H3/t12-,15-. The highest BCUT2D eigenvalue weighted by molar-refractivity contribution is 9.10. The lowest BCUT2D eigenvalue weighted by Gasteiger charge is -2.30. The van der Waals surface area contributed by atoms with Gasteiger partial charge in [-0.25, -0.2) is 4.98 Å². The third kappa shape index (κ3) is 3.58. The molecule has 1 fully saturated rings. The third-order valence-electron chi connectivity index (χ3n) is 4.25. The number of rotatable bonds is 4. The van der Waals surface area contributed by atoms with Gasteiger partial charge in [0.2, 0.25) is 5.88 Å². The summed E-state index contributed by atoms with van der Waals surface area (Å²) < 4.78 is 6.29. The van der Waals surface area contributed by atoms with Crippen molar-refractivity contribution < 1.29 is 4.74 Å². The molecule has 4 nitrogen and oxygen atoms in total. The fourth-order valence-electron chi connectivity index (χ4n) is 3.10. The Bertz CT molecular complexity index is 613. The molecule has 0 aromatic carbocycles. The molecule has 0 unspecified atom stereocenters. The van der Waals surface area contributed by atoms with E-state index in [2.05, 4.69) is 37.3 Å². The number of aromatic nitrogens is 2. The zero-order valence-electron chi connectivity index (χ0n) is 12.6. The van der Waals surface area contributed by atoms with Gasteiger partial charge in [0.1, 0.15) is 0 Å². The van der Waals surface area contributed by atoms with Gasteiger partial charge in [0.15, 0.2) is 0 Å². The van der Waals surface area contributed by atoms with Gasteiger partial charge in [-0.15, -0.1) is 0 Å². The number of hydrogen-bond donors (Lipinski definition) is 1. The van der Waals surface area contributed by atoms with Crippen molar-refractivity contribution in [3.05, 3.63) is 46.8 Å². The second kappa shape index (κ2) is 7.09. The highest BCUT2D eigenvalue weighted by Crippen LogP contribution is 2.35. The van der Waals surface area contributed by atoms with Gasteiger partial charge in [-0.1, -0.05) is 6.07 Å². The largest absolute Gasteiger partial charge is 0.480 e. The Morgan fingerprint density at radius 3 is 2.73 bits per heavy atom. The molecule has 1 saturated carbocycles. The van der Waals surface area contributed by atoms with E-state index in [9.17, 15) is 0 Å². The summed E-state index contributed by atoms with van der Waals surface area (Å²) in [5.41, 5.74) is 2.32. The first-order valence-electron chi connectivity index (χ1n) is 7.62. The highest BCUT2D eigenvalue weighted by Gasteiger charge is 2.23. The summed E-state index contributed by atoms with van der Waals surface area (Å²) in [4.78, 5) is 8.52. The van der Waals surface area contributed by atoms with Crippen molar-refractivity contribution in [3.8, 4) is 5.88 Å². The Kier molecular flexibility index (Phi) is 4.93. The van der Waals surface area contributed by atoms with Crippen LogP contribution in [0.25, 0.3) is 0 Å². The minimum atomic E-state index is 0.470. The van der Waals surface area contributed by atoms with Crippen LogP contribution in [0.3, 0.4) is 0 Å². The summed E-state index contributed by atoms with van der Waals surface area (Å²) in [5, 5.41) is 3.58. The highest BCUT2D eigenvalue weighted by atomic mass is 79.9. The molecule has 0 atom stereocenters. The van der Waals surface area contributed by atoms with Crippen molar-refractivity contribution in [2.45, 2.75) is 37.6 Å². The van der Waals surface area contributed by atoms with E-state index in [1.165, 1.54) is 18.4 Å². The molecule has 3 rings (SSSR count). The lowest BCUT2D eigenvalue weighted by Crippen LogP contribution is -2.25. The summed E-state index contributed by atoms with van der Waals surface area (Å²) in [6, 6.07) is 6.71. The molecule has 2 aromatic heterocycles. The minimum Gasteiger partial charge on any atom is -0.480 e. The van der Waals surface area contributed by atoms with E-state index in [1.54, 1.807) is 13.3 Å². The second-order valence-electron chi connectivity index (χ2n) is 5.69. The Morgan fingerprint density at radius 2 is 2.05 bits per heavy atom. The van der Waals surface area contributed by atoms with Crippen LogP contribution >= 0.6 is 15.9 Å². The molecule has 0 saturated heterocycles. The molecule has 5 heteroatoms. The number of methoxy groups -OCH3 is 1. The van der Waals surface area contributed by atoms with Gasteiger partial charge in [0, 0.05) is 29.1 Å². The summed E-state index contributed by atoms with van der Waals surface area (Å²) in [6.07, 6.45) is 10.3. The molecular formula is C17H20BrN3O. The fourth-order valence-corrected chi connectivity index (χ4v) is 3.43. The van der Waals surface area contributed by atoms with Gasteiger partial charge in [0.05, 0.1) is 12.8 Å². The smallest absolute Gasteiger partial charge is 0.237 e. The van der Waals surface area contributed by atoms with Crippen molar-refractivity contribution in [1.29, 1.82) is 0 Å². The second-order valence-corrected chi connectivity index (χ2v) is 6.61. The lowest BCUT2D eigenvalue weighted by molar-refractivity contribution is 0.392. The van der Waals surface area contributed by atoms with Gasteiger partial charge in [-0.05, 0) is 65.2 Å². The monoisotopic (exact) mass is 361 g/mol. The Morgan fingerprint density at radius 1 is 1.23 bits per heavy atom. The summed E-state index contributed by atoms with van der Waals surface area (Å²) in [7, 11) is 1.65. The van der Waals surface area contributed by atoms with Crippen LogP contribution in [0.1, 0.15) is 37.2 Å². The van der Waals surface area contributed by atoms with Crippen molar-refractivity contribution in [3.63, 3.8) is 0 Å². The van der Waals surface area contributed by atoms with E-state index in [0.717, 1.165) is 23.0 Å². The lowest BCUT2D eigenvalue weighted by atomic mass is 9.82. The van der Waals surface area contributed by atoms with E-state index in [0.29, 0.717) is 17.8 Å². The van der Waals surface area contributed by atoms with Crippen LogP contribution in [0.4, 0.5) is 5.69 Å². The predicted octanol–water partition coefficient (Wildman–Crippen LogP) is 4.39. The minimum absolute atomic E-state index is 0.470. The van der Waals surface area contributed by atoms with Gasteiger partial charge in [-0.3, -0.25) is 4.98 Å². The summed E-state index contributed by atoms with van der Waals surface area (Å²) >= 11 is 3.47. The molecule has 2 aromatic rings. The zero-order valence-corrected chi connectivity index (χ0v) is 14.2. The number of halogens is 1. The summed E-state index contributed by atoms with van der Waals surface area (Å²) in [5.74, 6) is 1.28. The number of anilines is 1. The molecule has 0 aliphatic heterocycles. The van der Waals surface area contributed by atoms with Crippen molar-refractivity contribution in [1.82, 2.24) is 9.97 Å². The molecule has 0 amide bonds. The molecule has 1 aliphatic carbocycles. The van der Waals surface area contributed by atoms with E-state index in [1.807, 2.05) is 24.5 Å². The number of ether oxygens (including phenoxy) is 1. The van der Waals surface area contributed by atoms with E-state index < -0.39 is 0 Å². The Hall–Kier alpha value is -1.62. The van der Waals surface area contributed by atoms with Crippen LogP contribution in [0.5, 0.6) is 5.88 Å². The maximum absolute atomic E-state index is 5.33. The molecule has 0 radical (unpaired) electrons. The van der Waals surface area contributed by atoms with E-state index >= 15 is 0 Å². The SMILES string of the molecule is COc1ncc(Br)cc1N[C@H]1CC[C@H](c2cccnc2)CC1. The molecular weight excluding hydrogens is 342 g/mol. The normalized spacial score (nSPS) is 21.4. The number of pyridine rings is 2. The van der Waals surface area contributed by atoms with Crippen LogP contribution in [0, 0.1) is 0 Å². The van der Waals surface area contributed by atoms with Crippen molar-refractivity contribution in [2.75, 3.05) is 12.4 Å². The third-order valence-corrected chi connectivity index (χ3v) is 4.69. The van der Waals surface area contributed by atoms with Gasteiger partial charge < -0.3 is 10.1 Å². The quantitative estimate of drug-likeness (QED) is 0.877. The van der Waals surface area contributed by atoms with Crippen molar-refractivity contribution in [2.24, 2.45) is 0 Å². The van der Waals surface area contributed by atoms with Crippen LogP contribution < -0.4 is 10.1 Å². The first kappa shape index (κ1) is 15.3. The molecule has 2 heterocycles. The maximum Gasteiger partial charge on any atom is 0.237 e. The average Bonchev–Trinajstić information content (AvgIpc) is 2.57. The van der Waals surface area contributed by atoms with Gasteiger partial charge >= 0.3 is 0 Å². The summed E-state index contributed by atoms with van der Waals surface area (Å²) in [6.45, 7) is 0. The molecule has 0 spiro atoms. The number of nitrogens with zero attached hydrogens (tertiary/aromatic N) is 2. The topological polar surface area (TPSA) is 47.0 Å². The van der Waals surface area contributed by atoms with Crippen LogP contribution in [0.15, 0.2) is 41.3 Å². The fraction of sp³-hybridized carbons (Fsp3) is 0.412. The molecule has 1 N–H and O–H groups in total. The molecule has 0 bridgehead atoms. The first-order chi connectivity index (χ1) is 10.8. The zero-order chi connectivity index (χ0) is 15.4. The number of nitrogens with one attached hydrogen (secondary N) is 1. The Labute approximate surface area is 139 Å². The van der Waals surface area contributed by atoms with Crippen molar-refractivity contribution >= 4 is 21.6 Å². The van der Waals surface area contributed by atoms with E-state index in [4.69, 9.17) is 4.74 Å². The first-order valence-corrected chi connectivity index (χ1v) is 8.41. The molecule has 1 aliphatic rings. The molecule has 116 valence electrons. The predicted molar refractivity (Wildman–Crippen MR) is 91.3 cm³/mol. The number of hydrogen-bond acceptors (Lipinski definition) is 4. The van der Waals surface area contributed by atoms with Crippen LogP contribution in [0.2, 0.25) is 0 Å². The van der Waals surface area contributed by atoms with Crippen LogP contribution in [-0.4, -0.2) is 23.1 Å². The van der Waals surface area contributed by atoms with E-state index in [-0.39, 0.29) is 0 Å². The average molecular weight is 362 g/mol. The van der Waals surface area contributed by atoms with Gasteiger partial charge in [-0.2, -0.15) is 0 Å². The Balaban J connectivity index is 1.62.